The molecule has 3 unspecified atom stereocenters. The van der Waals surface area contributed by atoms with Gasteiger partial charge in [0.25, 0.3) is 0 Å². The van der Waals surface area contributed by atoms with E-state index in [1.165, 1.54) is 18.9 Å². The molecule has 5 rings (SSSR count). The van der Waals surface area contributed by atoms with Gasteiger partial charge in [0.2, 0.25) is 5.91 Å². The van der Waals surface area contributed by atoms with Crippen molar-refractivity contribution in [3.63, 3.8) is 0 Å². The number of nitrogens with one attached hydrogen (secondary N) is 3. The van der Waals surface area contributed by atoms with Crippen LogP contribution in [0.4, 0.5) is 21.5 Å². The van der Waals surface area contributed by atoms with Gasteiger partial charge in [0, 0.05) is 48.2 Å². The van der Waals surface area contributed by atoms with Gasteiger partial charge in [0.05, 0.1) is 0 Å². The van der Waals surface area contributed by atoms with Crippen LogP contribution in [0.15, 0.2) is 36.4 Å². The number of carbonyl (C=O) groups excluding carboxylic acids is 1. The summed E-state index contributed by atoms with van der Waals surface area (Å²) in [5, 5.41) is 9.85. The van der Waals surface area contributed by atoms with Gasteiger partial charge in [-0.25, -0.2) is 4.39 Å². The van der Waals surface area contributed by atoms with E-state index in [4.69, 9.17) is 0 Å². The maximum atomic E-state index is 14.1. The summed E-state index contributed by atoms with van der Waals surface area (Å²) in [5.41, 5.74) is 4.24. The van der Waals surface area contributed by atoms with Crippen LogP contribution in [0.1, 0.15) is 24.0 Å². The molecular formula is C23H27FN4O. The Hall–Kier alpha value is -2.60. The third-order valence-electron chi connectivity index (χ3n) is 6.59. The van der Waals surface area contributed by atoms with Crippen LogP contribution in [-0.2, 0) is 11.2 Å². The molecule has 3 aliphatic rings. The lowest BCUT2D eigenvalue weighted by molar-refractivity contribution is -0.116. The summed E-state index contributed by atoms with van der Waals surface area (Å²) < 4.78 is 14.1. The van der Waals surface area contributed by atoms with Crippen molar-refractivity contribution in [2.45, 2.75) is 38.3 Å². The number of aryl methyl sites for hydroxylation is 1. The second kappa shape index (κ2) is 7.34. The lowest BCUT2D eigenvalue weighted by Gasteiger charge is -2.24. The first-order chi connectivity index (χ1) is 14.1. The molecule has 0 bridgehead atoms. The van der Waals surface area contributed by atoms with Crippen molar-refractivity contribution in [3.05, 3.63) is 53.3 Å². The molecule has 0 aromatic heterocycles. The highest BCUT2D eigenvalue weighted by Crippen LogP contribution is 2.33. The van der Waals surface area contributed by atoms with E-state index in [0.717, 1.165) is 42.3 Å². The number of carbonyl (C=O) groups is 1. The third kappa shape index (κ3) is 3.46. The topological polar surface area (TPSA) is 56.4 Å². The zero-order valence-corrected chi connectivity index (χ0v) is 16.7. The first-order valence-corrected chi connectivity index (χ1v) is 10.5. The van der Waals surface area contributed by atoms with E-state index in [-0.39, 0.29) is 11.7 Å². The molecular weight excluding hydrogens is 367 g/mol. The van der Waals surface area contributed by atoms with Crippen LogP contribution in [-0.4, -0.2) is 37.6 Å². The van der Waals surface area contributed by atoms with Gasteiger partial charge in [0.1, 0.15) is 11.9 Å². The molecule has 3 atom stereocenters. The smallest absolute Gasteiger partial charge is 0.247 e. The number of anilines is 3. The second-order valence-corrected chi connectivity index (χ2v) is 8.53. The van der Waals surface area contributed by atoms with Crippen molar-refractivity contribution in [2.75, 3.05) is 35.2 Å². The molecule has 2 aromatic carbocycles. The minimum Gasteiger partial charge on any atom is -0.373 e. The van der Waals surface area contributed by atoms with E-state index < -0.39 is 6.04 Å². The minimum atomic E-state index is -0.455. The van der Waals surface area contributed by atoms with Crippen LogP contribution in [0, 0.1) is 18.7 Å². The number of hydrogen-bond donors (Lipinski definition) is 3. The fraction of sp³-hybridized carbons (Fsp3) is 0.435. The highest BCUT2D eigenvalue weighted by Gasteiger charge is 2.34. The average Bonchev–Trinajstić information content (AvgIpc) is 3.36. The summed E-state index contributed by atoms with van der Waals surface area (Å²) in [6.07, 6.45) is 2.91. The number of halogens is 1. The van der Waals surface area contributed by atoms with Crippen LogP contribution in [0.3, 0.4) is 0 Å². The molecule has 152 valence electrons. The predicted octanol–water partition coefficient (Wildman–Crippen LogP) is 3.30. The number of hydrogen-bond acceptors (Lipinski definition) is 4. The van der Waals surface area contributed by atoms with Crippen molar-refractivity contribution in [2.24, 2.45) is 5.92 Å². The van der Waals surface area contributed by atoms with Crippen molar-refractivity contribution >= 4 is 23.0 Å². The molecule has 29 heavy (non-hydrogen) atoms. The zero-order chi connectivity index (χ0) is 20.0. The molecule has 0 aliphatic carbocycles. The maximum absolute atomic E-state index is 14.1. The van der Waals surface area contributed by atoms with E-state index in [0.29, 0.717) is 23.9 Å². The van der Waals surface area contributed by atoms with Crippen molar-refractivity contribution in [3.8, 4) is 0 Å². The van der Waals surface area contributed by atoms with E-state index in [2.05, 4.69) is 26.9 Å². The van der Waals surface area contributed by atoms with Gasteiger partial charge in [0.15, 0.2) is 0 Å². The van der Waals surface area contributed by atoms with E-state index in [1.54, 1.807) is 6.07 Å². The number of amides is 1. The monoisotopic (exact) mass is 394 g/mol. The van der Waals surface area contributed by atoms with Crippen LogP contribution < -0.4 is 20.9 Å². The number of fused-ring (bicyclic) bond motifs is 2. The van der Waals surface area contributed by atoms with Crippen LogP contribution >= 0.6 is 0 Å². The minimum absolute atomic E-state index is 0.131. The largest absolute Gasteiger partial charge is 0.373 e. The standard InChI is InChI=1S/C23H27FN4O/c1-14-7-8-19(24)18-11-20(27-22(14)18)23(29)26-16-5-2-6-17(10-16)28-12-15-4-3-9-25-21(15)13-28/h2,5-8,10,15,20-21,25,27H,3-4,9,11-13H2,1H3,(H,26,29). The first-order valence-electron chi connectivity index (χ1n) is 10.5. The van der Waals surface area contributed by atoms with Crippen molar-refractivity contribution in [1.29, 1.82) is 0 Å². The van der Waals surface area contributed by atoms with E-state index in [9.17, 15) is 9.18 Å². The molecule has 5 nitrogen and oxygen atoms in total. The molecule has 3 aliphatic heterocycles. The molecule has 0 saturated carbocycles. The zero-order valence-electron chi connectivity index (χ0n) is 16.7. The normalized spacial score (nSPS) is 25.3. The Morgan fingerprint density at radius 3 is 2.97 bits per heavy atom. The maximum Gasteiger partial charge on any atom is 0.247 e. The van der Waals surface area contributed by atoms with Crippen LogP contribution in [0.2, 0.25) is 0 Å². The Balaban J connectivity index is 1.27. The Bertz CT molecular complexity index is 901. The molecule has 6 heteroatoms. The van der Waals surface area contributed by atoms with Crippen molar-refractivity contribution < 1.29 is 9.18 Å². The quantitative estimate of drug-likeness (QED) is 0.748. The third-order valence-corrected chi connectivity index (χ3v) is 6.59. The summed E-state index contributed by atoms with van der Waals surface area (Å²) in [7, 11) is 0. The predicted molar refractivity (Wildman–Crippen MR) is 114 cm³/mol. The second-order valence-electron chi connectivity index (χ2n) is 8.53. The molecule has 1 amide bonds. The summed E-state index contributed by atoms with van der Waals surface area (Å²) in [5.74, 6) is 0.328. The number of rotatable bonds is 3. The van der Waals surface area contributed by atoms with Crippen molar-refractivity contribution in [1.82, 2.24) is 5.32 Å². The molecule has 2 aromatic rings. The molecule has 3 heterocycles. The molecule has 2 fully saturated rings. The van der Waals surface area contributed by atoms with Crippen LogP contribution in [0.25, 0.3) is 0 Å². The lowest BCUT2D eigenvalue weighted by Crippen LogP contribution is -2.40. The number of nitrogens with zero attached hydrogens (tertiary/aromatic N) is 1. The molecule has 0 radical (unpaired) electrons. The molecule has 3 N–H and O–H groups in total. The van der Waals surface area contributed by atoms with Gasteiger partial charge in [-0.15, -0.1) is 0 Å². The van der Waals surface area contributed by atoms with Crippen LogP contribution in [0.5, 0.6) is 0 Å². The first kappa shape index (κ1) is 18.4. The molecule has 0 spiro atoms. The fourth-order valence-corrected chi connectivity index (χ4v) is 4.99. The summed E-state index contributed by atoms with van der Waals surface area (Å²) in [6.45, 7) is 5.12. The van der Waals surface area contributed by atoms with Gasteiger partial charge in [-0.1, -0.05) is 12.1 Å². The molecule has 2 saturated heterocycles. The average molecular weight is 394 g/mol. The van der Waals surface area contributed by atoms with E-state index >= 15 is 0 Å². The Labute approximate surface area is 170 Å². The highest BCUT2D eigenvalue weighted by atomic mass is 19.1. The summed E-state index contributed by atoms with van der Waals surface area (Å²) in [4.78, 5) is 15.2. The fourth-order valence-electron chi connectivity index (χ4n) is 4.99. The van der Waals surface area contributed by atoms with Gasteiger partial charge in [-0.3, -0.25) is 4.79 Å². The van der Waals surface area contributed by atoms with Gasteiger partial charge in [-0.05, 0) is 62.1 Å². The number of benzene rings is 2. The summed E-state index contributed by atoms with van der Waals surface area (Å²) >= 11 is 0. The highest BCUT2D eigenvalue weighted by molar-refractivity contribution is 5.98. The lowest BCUT2D eigenvalue weighted by atomic mass is 9.94. The van der Waals surface area contributed by atoms with E-state index in [1.807, 2.05) is 25.1 Å². The Kier molecular flexibility index (Phi) is 4.66. The SMILES string of the molecule is Cc1ccc(F)c2c1NC(C(=O)Nc1cccc(N3CC4CCCNC4C3)c1)C2. The van der Waals surface area contributed by atoms with Gasteiger partial charge < -0.3 is 20.9 Å². The number of piperidine rings is 1. The van der Waals surface area contributed by atoms with Gasteiger partial charge in [-0.2, -0.15) is 0 Å². The summed E-state index contributed by atoms with van der Waals surface area (Å²) in [6, 6.07) is 11.4. The Morgan fingerprint density at radius 1 is 1.24 bits per heavy atom. The van der Waals surface area contributed by atoms with Gasteiger partial charge >= 0.3 is 0 Å². The Morgan fingerprint density at radius 2 is 2.14 bits per heavy atom.